The maximum atomic E-state index is 11.8. The van der Waals surface area contributed by atoms with Crippen LogP contribution in [0.25, 0.3) is 0 Å². The minimum absolute atomic E-state index is 0.0281. The molecule has 0 saturated heterocycles. The molecule has 2 unspecified atom stereocenters. The molecule has 0 aliphatic carbocycles. The summed E-state index contributed by atoms with van der Waals surface area (Å²) in [5.74, 6) is -0.346. The normalized spacial score (nSPS) is 13.4. The van der Waals surface area contributed by atoms with Crippen LogP contribution < -0.4 is 16.0 Å². The van der Waals surface area contributed by atoms with Gasteiger partial charge in [-0.3, -0.25) is 15.4 Å². The maximum absolute atomic E-state index is 11.8. The first-order chi connectivity index (χ1) is 9.35. The van der Waals surface area contributed by atoms with Crippen molar-refractivity contribution in [2.75, 3.05) is 7.05 Å². The van der Waals surface area contributed by atoms with Crippen LogP contribution >= 0.6 is 0 Å². The molecule has 0 bridgehead atoms. The lowest BCUT2D eigenvalue weighted by Crippen LogP contribution is -2.47. The van der Waals surface area contributed by atoms with E-state index in [2.05, 4.69) is 34.1 Å². The summed E-state index contributed by atoms with van der Waals surface area (Å²) in [4.78, 5) is 22.9. The molecule has 5 heteroatoms. The molecule has 5 nitrogen and oxygen atoms in total. The molecule has 0 radical (unpaired) electrons. The van der Waals surface area contributed by atoms with E-state index in [1.54, 1.807) is 6.92 Å². The quantitative estimate of drug-likeness (QED) is 0.786. The molecule has 3 amide bonds. The summed E-state index contributed by atoms with van der Waals surface area (Å²) in [6.45, 7) is 7.82. The summed E-state index contributed by atoms with van der Waals surface area (Å²) >= 11 is 0. The van der Waals surface area contributed by atoms with Gasteiger partial charge in [-0.15, -0.1) is 0 Å². The fraction of sp³-hybridized carbons (Fsp3) is 0.467. The van der Waals surface area contributed by atoms with Crippen LogP contribution in [0.15, 0.2) is 18.2 Å². The van der Waals surface area contributed by atoms with Crippen LogP contribution in [-0.4, -0.2) is 25.0 Å². The Balaban J connectivity index is 2.70. The Morgan fingerprint density at radius 2 is 1.80 bits per heavy atom. The Bertz CT molecular complexity index is 500. The average molecular weight is 277 g/mol. The highest BCUT2D eigenvalue weighted by molar-refractivity contribution is 5.96. The van der Waals surface area contributed by atoms with Crippen molar-refractivity contribution in [3.63, 3.8) is 0 Å². The van der Waals surface area contributed by atoms with Crippen molar-refractivity contribution >= 4 is 11.9 Å². The van der Waals surface area contributed by atoms with Gasteiger partial charge in [-0.05, 0) is 38.8 Å². The predicted octanol–water partition coefficient (Wildman–Crippen LogP) is 1.80. The van der Waals surface area contributed by atoms with E-state index in [0.29, 0.717) is 0 Å². The van der Waals surface area contributed by atoms with Gasteiger partial charge in [0.25, 0.3) is 0 Å². The van der Waals surface area contributed by atoms with Crippen molar-refractivity contribution in [1.82, 2.24) is 16.0 Å². The van der Waals surface area contributed by atoms with Crippen molar-refractivity contribution in [1.29, 1.82) is 0 Å². The molecular weight excluding hydrogens is 254 g/mol. The first-order valence-electron chi connectivity index (χ1n) is 6.71. The molecule has 1 aromatic carbocycles. The number of aryl methyl sites for hydroxylation is 2. The van der Waals surface area contributed by atoms with E-state index in [-0.39, 0.29) is 11.9 Å². The number of urea groups is 1. The number of hydrogen-bond acceptors (Lipinski definition) is 3. The van der Waals surface area contributed by atoms with E-state index < -0.39 is 12.1 Å². The molecule has 0 fully saturated rings. The Kier molecular flexibility index (Phi) is 5.70. The van der Waals surface area contributed by atoms with Crippen LogP contribution in [0.4, 0.5) is 4.79 Å². The highest BCUT2D eigenvalue weighted by Gasteiger charge is 2.18. The monoisotopic (exact) mass is 277 g/mol. The van der Waals surface area contributed by atoms with E-state index >= 15 is 0 Å². The van der Waals surface area contributed by atoms with E-state index in [0.717, 1.165) is 5.56 Å². The largest absolute Gasteiger partial charge is 0.341 e. The fourth-order valence-corrected chi connectivity index (χ4v) is 2.05. The van der Waals surface area contributed by atoms with Crippen LogP contribution in [0.5, 0.6) is 0 Å². The molecule has 0 aliphatic heterocycles. The second-order valence-electron chi connectivity index (χ2n) is 5.04. The topological polar surface area (TPSA) is 70.2 Å². The van der Waals surface area contributed by atoms with E-state index in [9.17, 15) is 9.59 Å². The van der Waals surface area contributed by atoms with Crippen molar-refractivity contribution in [2.45, 2.75) is 39.8 Å². The second-order valence-corrected chi connectivity index (χ2v) is 5.04. The van der Waals surface area contributed by atoms with Gasteiger partial charge >= 0.3 is 6.03 Å². The lowest BCUT2D eigenvalue weighted by molar-refractivity contribution is -0.121. The highest BCUT2D eigenvalue weighted by Crippen LogP contribution is 2.19. The lowest BCUT2D eigenvalue weighted by Gasteiger charge is -2.21. The number of benzene rings is 1. The number of imide groups is 1. The van der Waals surface area contributed by atoms with Gasteiger partial charge in [0.15, 0.2) is 0 Å². The third-order valence-corrected chi connectivity index (χ3v) is 3.26. The van der Waals surface area contributed by atoms with Gasteiger partial charge in [-0.2, -0.15) is 0 Å². The molecule has 0 aromatic heterocycles. The number of nitrogens with one attached hydrogen (secondary N) is 3. The molecule has 0 aliphatic rings. The van der Waals surface area contributed by atoms with Gasteiger partial charge in [0.05, 0.1) is 6.04 Å². The summed E-state index contributed by atoms with van der Waals surface area (Å²) in [5.41, 5.74) is 3.51. The van der Waals surface area contributed by atoms with Crippen LogP contribution in [0.3, 0.4) is 0 Å². The first kappa shape index (κ1) is 16.2. The molecule has 0 spiro atoms. The van der Waals surface area contributed by atoms with E-state index in [1.165, 1.54) is 18.2 Å². The maximum Gasteiger partial charge on any atom is 0.321 e. The zero-order chi connectivity index (χ0) is 15.3. The highest BCUT2D eigenvalue weighted by atomic mass is 16.2. The molecule has 1 rings (SSSR count). The van der Waals surface area contributed by atoms with Crippen LogP contribution in [0, 0.1) is 13.8 Å². The molecule has 1 aromatic rings. The third-order valence-electron chi connectivity index (χ3n) is 3.26. The molecule has 3 N–H and O–H groups in total. The molecule has 20 heavy (non-hydrogen) atoms. The van der Waals surface area contributed by atoms with Crippen molar-refractivity contribution in [2.24, 2.45) is 0 Å². The molecule has 0 heterocycles. The molecule has 2 atom stereocenters. The molecule has 0 saturated carbocycles. The van der Waals surface area contributed by atoms with Crippen LogP contribution in [0.1, 0.15) is 36.6 Å². The van der Waals surface area contributed by atoms with E-state index in [1.807, 2.05) is 20.8 Å². The van der Waals surface area contributed by atoms with Gasteiger partial charge < -0.3 is 5.32 Å². The summed E-state index contributed by atoms with van der Waals surface area (Å²) in [6.07, 6.45) is 0. The number of hydrogen-bond donors (Lipinski definition) is 3. The SMILES string of the molecule is CNC(=O)NC(=O)C(C)NC(C)c1cc(C)ccc1C. The van der Waals surface area contributed by atoms with E-state index in [4.69, 9.17) is 0 Å². The minimum atomic E-state index is -0.497. The van der Waals surface area contributed by atoms with Crippen molar-refractivity contribution < 1.29 is 9.59 Å². The number of carbonyl (C=O) groups is 2. The average Bonchev–Trinajstić information content (AvgIpc) is 2.40. The van der Waals surface area contributed by atoms with Gasteiger partial charge in [0, 0.05) is 13.1 Å². The van der Waals surface area contributed by atoms with Gasteiger partial charge in [-0.1, -0.05) is 23.8 Å². The summed E-state index contributed by atoms with van der Waals surface area (Å²) in [6, 6.07) is 5.31. The Labute approximate surface area is 120 Å². The first-order valence-corrected chi connectivity index (χ1v) is 6.71. The van der Waals surface area contributed by atoms with Crippen LogP contribution in [-0.2, 0) is 4.79 Å². The molecular formula is C15H23N3O2. The molecule has 110 valence electrons. The Hall–Kier alpha value is -1.88. The zero-order valence-electron chi connectivity index (χ0n) is 12.7. The standard InChI is InChI=1S/C15H23N3O2/c1-9-6-7-10(2)13(8-9)11(3)17-12(4)14(19)18-15(20)16-5/h6-8,11-12,17H,1-5H3,(H2,16,18,19,20). The lowest BCUT2D eigenvalue weighted by atomic mass is 9.99. The van der Waals surface area contributed by atoms with Crippen molar-refractivity contribution in [3.05, 3.63) is 34.9 Å². The summed E-state index contributed by atoms with van der Waals surface area (Å²) in [5, 5.41) is 7.82. The van der Waals surface area contributed by atoms with Crippen molar-refractivity contribution in [3.8, 4) is 0 Å². The zero-order valence-corrected chi connectivity index (χ0v) is 12.7. The Morgan fingerprint density at radius 3 is 2.40 bits per heavy atom. The van der Waals surface area contributed by atoms with Gasteiger partial charge in [0.1, 0.15) is 0 Å². The summed E-state index contributed by atoms with van der Waals surface area (Å²) < 4.78 is 0. The van der Waals surface area contributed by atoms with Gasteiger partial charge in [-0.25, -0.2) is 4.79 Å². The number of amides is 3. The predicted molar refractivity (Wildman–Crippen MR) is 79.5 cm³/mol. The fourth-order valence-electron chi connectivity index (χ4n) is 2.05. The third kappa shape index (κ3) is 4.35. The summed E-state index contributed by atoms with van der Waals surface area (Å²) in [7, 11) is 1.47. The number of rotatable bonds is 4. The Morgan fingerprint density at radius 1 is 1.15 bits per heavy atom. The smallest absolute Gasteiger partial charge is 0.321 e. The van der Waals surface area contributed by atoms with Crippen LogP contribution in [0.2, 0.25) is 0 Å². The minimum Gasteiger partial charge on any atom is -0.341 e. The second kappa shape index (κ2) is 7.05. The number of carbonyl (C=O) groups excluding carboxylic acids is 2. The van der Waals surface area contributed by atoms with Gasteiger partial charge in [0.2, 0.25) is 5.91 Å².